The molecule has 19 heteroatoms. The van der Waals surface area contributed by atoms with Crippen LogP contribution in [-0.2, 0) is 65.4 Å². The highest BCUT2D eigenvalue weighted by Crippen LogP contribution is 2.45. The Kier molecular flexibility index (Phi) is 62.2. The van der Waals surface area contributed by atoms with Crippen LogP contribution < -0.4 is 0 Å². The van der Waals surface area contributed by atoms with Crippen molar-refractivity contribution in [2.75, 3.05) is 39.6 Å². The molecular formula is C74H144O17P2. The van der Waals surface area contributed by atoms with E-state index in [4.69, 9.17) is 37.0 Å². The van der Waals surface area contributed by atoms with Crippen molar-refractivity contribution in [1.29, 1.82) is 0 Å². The van der Waals surface area contributed by atoms with Crippen LogP contribution in [0.5, 0.6) is 0 Å². The van der Waals surface area contributed by atoms with Gasteiger partial charge in [0, 0.05) is 25.7 Å². The van der Waals surface area contributed by atoms with Crippen molar-refractivity contribution < 1.29 is 80.2 Å². The van der Waals surface area contributed by atoms with E-state index in [-0.39, 0.29) is 25.7 Å². The number of phosphoric acid groups is 2. The maximum absolute atomic E-state index is 13.1. The van der Waals surface area contributed by atoms with Gasteiger partial charge in [-0.15, -0.1) is 0 Å². The zero-order valence-corrected chi connectivity index (χ0v) is 62.7. The van der Waals surface area contributed by atoms with Crippen LogP contribution in [0, 0.1) is 23.7 Å². The number of hydrogen-bond donors (Lipinski definition) is 3. The minimum atomic E-state index is -4.96. The maximum atomic E-state index is 13.1. The van der Waals surface area contributed by atoms with Gasteiger partial charge in [0.25, 0.3) is 0 Å². The third-order valence-corrected chi connectivity index (χ3v) is 19.7. The molecule has 7 atom stereocenters. The van der Waals surface area contributed by atoms with Gasteiger partial charge in [0.05, 0.1) is 26.4 Å². The quantitative estimate of drug-likeness (QED) is 0.0222. The Balaban J connectivity index is 5.26. The fourth-order valence-corrected chi connectivity index (χ4v) is 12.7. The summed E-state index contributed by atoms with van der Waals surface area (Å²) in [6.07, 6.45) is 47.1. The Morgan fingerprint density at radius 2 is 0.516 bits per heavy atom. The van der Waals surface area contributed by atoms with E-state index in [9.17, 15) is 43.2 Å². The Labute approximate surface area is 568 Å². The fourth-order valence-electron chi connectivity index (χ4n) is 11.1. The largest absolute Gasteiger partial charge is 0.472 e. The van der Waals surface area contributed by atoms with Crippen molar-refractivity contribution in [2.24, 2.45) is 23.7 Å². The number of phosphoric ester groups is 2. The highest BCUT2D eigenvalue weighted by molar-refractivity contribution is 7.47. The van der Waals surface area contributed by atoms with Crippen molar-refractivity contribution in [3.63, 3.8) is 0 Å². The second kappa shape index (κ2) is 63.5. The molecule has 3 N–H and O–H groups in total. The van der Waals surface area contributed by atoms with Crippen LogP contribution in [0.2, 0.25) is 0 Å². The summed E-state index contributed by atoms with van der Waals surface area (Å²) in [6, 6.07) is 0. The first kappa shape index (κ1) is 91.1. The first-order valence-corrected chi connectivity index (χ1v) is 41.3. The summed E-state index contributed by atoms with van der Waals surface area (Å²) >= 11 is 0. The Morgan fingerprint density at radius 1 is 0.301 bits per heavy atom. The van der Waals surface area contributed by atoms with Crippen molar-refractivity contribution in [3.8, 4) is 0 Å². The molecule has 0 heterocycles. The third kappa shape index (κ3) is 65.8. The molecule has 0 radical (unpaired) electrons. The summed E-state index contributed by atoms with van der Waals surface area (Å²) < 4.78 is 68.5. The number of esters is 4. The molecule has 0 bridgehead atoms. The topological polar surface area (TPSA) is 237 Å². The Bertz CT molecular complexity index is 1840. The molecule has 0 aromatic heterocycles. The number of carbonyl (C=O) groups excluding carboxylic acids is 4. The van der Waals surface area contributed by atoms with Gasteiger partial charge >= 0.3 is 39.5 Å². The van der Waals surface area contributed by atoms with Crippen molar-refractivity contribution in [1.82, 2.24) is 0 Å². The standard InChI is InChI=1S/C74H144O17P2/c1-9-66(7)52-44-36-28-24-25-29-38-46-54-71(76)84-60-69(90-73(78)56-48-40-30-22-18-14-12-11-13-16-20-26-34-42-50-64(3)4)62-88-92(80,81)86-58-68(75)59-87-93(82,83)89-63-70(61-85-72(77)55-47-39-33-32-37-45-53-67(8)10-2)91-74(79)57-49-41-31-23-19-15-17-21-27-35-43-51-65(5)6/h64-70,75H,9-63H2,1-8H3,(H,80,81)(H,82,83)/t66?,67?,68-,69-,70-/m1/s1. The van der Waals surface area contributed by atoms with Gasteiger partial charge < -0.3 is 33.8 Å². The van der Waals surface area contributed by atoms with Crippen LogP contribution >= 0.6 is 15.6 Å². The van der Waals surface area contributed by atoms with Gasteiger partial charge in [-0.2, -0.15) is 0 Å². The van der Waals surface area contributed by atoms with Crippen LogP contribution in [0.3, 0.4) is 0 Å². The lowest BCUT2D eigenvalue weighted by molar-refractivity contribution is -0.161. The highest BCUT2D eigenvalue weighted by Gasteiger charge is 2.30. The average molecular weight is 1370 g/mol. The van der Waals surface area contributed by atoms with Gasteiger partial charge in [-0.05, 0) is 49.4 Å². The minimum absolute atomic E-state index is 0.105. The maximum Gasteiger partial charge on any atom is 0.472 e. The molecule has 552 valence electrons. The lowest BCUT2D eigenvalue weighted by Crippen LogP contribution is -2.30. The lowest BCUT2D eigenvalue weighted by atomic mass is 9.99. The molecule has 0 aromatic rings. The summed E-state index contributed by atoms with van der Waals surface area (Å²) in [7, 11) is -9.91. The van der Waals surface area contributed by atoms with E-state index >= 15 is 0 Å². The first-order chi connectivity index (χ1) is 44.7. The monoisotopic (exact) mass is 1370 g/mol. The zero-order chi connectivity index (χ0) is 68.9. The van der Waals surface area contributed by atoms with Crippen LogP contribution in [0.15, 0.2) is 0 Å². The van der Waals surface area contributed by atoms with E-state index in [2.05, 4.69) is 55.4 Å². The molecule has 0 aliphatic rings. The lowest BCUT2D eigenvalue weighted by Gasteiger charge is -2.21. The predicted molar refractivity (Wildman–Crippen MR) is 377 cm³/mol. The summed E-state index contributed by atoms with van der Waals surface area (Å²) in [5.41, 5.74) is 0. The fraction of sp³-hybridized carbons (Fsp3) is 0.946. The normalized spacial score (nSPS) is 14.8. The van der Waals surface area contributed by atoms with Gasteiger partial charge in [0.15, 0.2) is 12.2 Å². The van der Waals surface area contributed by atoms with Gasteiger partial charge in [-0.3, -0.25) is 37.3 Å². The molecule has 0 rings (SSSR count). The molecule has 0 saturated heterocycles. The van der Waals surface area contributed by atoms with E-state index in [0.29, 0.717) is 25.7 Å². The van der Waals surface area contributed by atoms with Gasteiger partial charge in [-0.1, -0.05) is 319 Å². The molecule has 17 nitrogen and oxygen atoms in total. The van der Waals surface area contributed by atoms with E-state index in [1.165, 1.54) is 167 Å². The second-order valence-electron chi connectivity index (χ2n) is 28.1. The molecule has 4 unspecified atom stereocenters. The molecule has 0 aliphatic heterocycles. The molecule has 0 amide bonds. The van der Waals surface area contributed by atoms with Gasteiger partial charge in [0.2, 0.25) is 0 Å². The predicted octanol–water partition coefficient (Wildman–Crippen LogP) is 21.3. The molecular weight excluding hydrogens is 1220 g/mol. The van der Waals surface area contributed by atoms with Crippen LogP contribution in [-0.4, -0.2) is 96.7 Å². The summed E-state index contributed by atoms with van der Waals surface area (Å²) in [5.74, 6) is 0.944. The van der Waals surface area contributed by atoms with Gasteiger partial charge in [0.1, 0.15) is 19.3 Å². The summed E-state index contributed by atoms with van der Waals surface area (Å²) in [5, 5.41) is 10.6. The third-order valence-electron chi connectivity index (χ3n) is 17.8. The van der Waals surface area contributed by atoms with Crippen LogP contribution in [0.4, 0.5) is 0 Å². The van der Waals surface area contributed by atoms with Crippen molar-refractivity contribution in [2.45, 2.75) is 388 Å². The molecule has 0 spiro atoms. The van der Waals surface area contributed by atoms with Crippen molar-refractivity contribution >= 4 is 39.5 Å². The van der Waals surface area contributed by atoms with E-state index in [1.54, 1.807) is 0 Å². The Morgan fingerprint density at radius 3 is 0.763 bits per heavy atom. The first-order valence-electron chi connectivity index (χ1n) is 38.3. The number of carbonyl (C=O) groups is 4. The van der Waals surface area contributed by atoms with E-state index < -0.39 is 97.5 Å². The SMILES string of the molecule is CCC(C)CCCCCCCCCCC(=O)OC[C@H](COP(=O)(O)OC[C@@H](O)COP(=O)(O)OC[C@@H](COC(=O)CCCCCCCCC(C)CC)OC(=O)CCCCCCCCCCCCCC(C)C)OC(=O)CCCCCCCCCCCCCCCCC(C)C. The number of aliphatic hydroxyl groups is 1. The number of aliphatic hydroxyl groups excluding tert-OH is 1. The average Bonchev–Trinajstić information content (AvgIpc) is 2.62. The minimum Gasteiger partial charge on any atom is -0.462 e. The molecule has 0 fully saturated rings. The number of ether oxygens (including phenoxy) is 4. The molecule has 0 aliphatic carbocycles. The van der Waals surface area contributed by atoms with Crippen LogP contribution in [0.1, 0.15) is 370 Å². The van der Waals surface area contributed by atoms with E-state index in [1.807, 2.05) is 0 Å². The zero-order valence-electron chi connectivity index (χ0n) is 60.9. The molecule has 0 saturated carbocycles. The van der Waals surface area contributed by atoms with Crippen molar-refractivity contribution in [3.05, 3.63) is 0 Å². The van der Waals surface area contributed by atoms with E-state index in [0.717, 1.165) is 120 Å². The summed E-state index contributed by atoms with van der Waals surface area (Å²) in [6.45, 7) is 14.2. The highest BCUT2D eigenvalue weighted by atomic mass is 31.2. The number of hydrogen-bond acceptors (Lipinski definition) is 15. The van der Waals surface area contributed by atoms with Crippen LogP contribution in [0.25, 0.3) is 0 Å². The summed E-state index contributed by atoms with van der Waals surface area (Å²) in [4.78, 5) is 72.7. The van der Waals surface area contributed by atoms with Gasteiger partial charge in [-0.25, -0.2) is 9.13 Å². The molecule has 93 heavy (non-hydrogen) atoms. The second-order valence-corrected chi connectivity index (χ2v) is 31.0. The number of rotatable bonds is 71. The smallest absolute Gasteiger partial charge is 0.462 e. The Hall–Kier alpha value is -1.94. The molecule has 0 aromatic carbocycles. The number of unbranched alkanes of at least 4 members (excludes halogenated alkanes) is 35.